The van der Waals surface area contributed by atoms with Gasteiger partial charge in [-0.3, -0.25) is 0 Å². The lowest BCUT2D eigenvalue weighted by Crippen LogP contribution is -2.19. The second kappa shape index (κ2) is 6.72. The van der Waals surface area contributed by atoms with Crippen molar-refractivity contribution in [1.82, 2.24) is 5.32 Å². The lowest BCUT2D eigenvalue weighted by atomic mass is 9.95. The fourth-order valence-electron chi connectivity index (χ4n) is 2.75. The van der Waals surface area contributed by atoms with Gasteiger partial charge in [0.1, 0.15) is 11.6 Å². The van der Waals surface area contributed by atoms with Crippen molar-refractivity contribution in [3.8, 4) is 5.75 Å². The van der Waals surface area contributed by atoms with Crippen LogP contribution in [0.1, 0.15) is 28.3 Å². The quantitative estimate of drug-likeness (QED) is 0.899. The Labute approximate surface area is 126 Å². The van der Waals surface area contributed by atoms with E-state index in [4.69, 9.17) is 4.74 Å². The average Bonchev–Trinajstić information content (AvgIpc) is 2.46. The van der Waals surface area contributed by atoms with Crippen LogP contribution in [0.3, 0.4) is 0 Å². The summed E-state index contributed by atoms with van der Waals surface area (Å²) in [5, 5.41) is 3.34. The molecule has 0 aliphatic carbocycles. The summed E-state index contributed by atoms with van der Waals surface area (Å²) in [6, 6.07) is 11.2. The first-order valence-corrected chi connectivity index (χ1v) is 7.12. The molecule has 1 atom stereocenters. The van der Waals surface area contributed by atoms with E-state index in [9.17, 15) is 4.39 Å². The predicted octanol–water partition coefficient (Wildman–Crippen LogP) is 3.95. The summed E-state index contributed by atoms with van der Waals surface area (Å²) in [7, 11) is 3.65. The van der Waals surface area contributed by atoms with Gasteiger partial charge in [-0.1, -0.05) is 24.3 Å². The van der Waals surface area contributed by atoms with Crippen LogP contribution in [0.15, 0.2) is 36.4 Å². The van der Waals surface area contributed by atoms with Gasteiger partial charge >= 0.3 is 0 Å². The van der Waals surface area contributed by atoms with Gasteiger partial charge in [0.2, 0.25) is 0 Å². The molecule has 0 aromatic heterocycles. The molecule has 112 valence electrons. The third-order valence-electron chi connectivity index (χ3n) is 3.79. The van der Waals surface area contributed by atoms with Gasteiger partial charge in [-0.15, -0.1) is 0 Å². The molecule has 0 amide bonds. The first-order chi connectivity index (χ1) is 10.0. The number of hydrogen-bond donors (Lipinski definition) is 1. The SMILES string of the molecule is CNC(Cc1ccc(F)cc1)c1cc(C)c(OC)c(C)c1. The van der Waals surface area contributed by atoms with E-state index in [1.54, 1.807) is 7.11 Å². The van der Waals surface area contributed by atoms with Crippen LogP contribution >= 0.6 is 0 Å². The lowest BCUT2D eigenvalue weighted by Gasteiger charge is -2.20. The molecular weight excluding hydrogens is 265 g/mol. The normalized spacial score (nSPS) is 12.2. The largest absolute Gasteiger partial charge is 0.496 e. The second-order valence-corrected chi connectivity index (χ2v) is 5.36. The molecule has 0 spiro atoms. The zero-order valence-corrected chi connectivity index (χ0v) is 13.0. The first kappa shape index (κ1) is 15.5. The highest BCUT2D eigenvalue weighted by atomic mass is 19.1. The smallest absolute Gasteiger partial charge is 0.124 e. The van der Waals surface area contributed by atoms with E-state index in [1.807, 2.05) is 19.2 Å². The minimum Gasteiger partial charge on any atom is -0.496 e. The van der Waals surface area contributed by atoms with Crippen molar-refractivity contribution >= 4 is 0 Å². The maximum Gasteiger partial charge on any atom is 0.124 e. The minimum atomic E-state index is -0.198. The molecule has 0 saturated heterocycles. The number of benzene rings is 2. The summed E-state index contributed by atoms with van der Waals surface area (Å²) in [6.45, 7) is 4.11. The molecule has 0 bridgehead atoms. The Morgan fingerprint density at radius 1 is 1.10 bits per heavy atom. The average molecular weight is 287 g/mol. The number of likely N-dealkylation sites (N-methyl/N-ethyl adjacent to an activating group) is 1. The monoisotopic (exact) mass is 287 g/mol. The summed E-state index contributed by atoms with van der Waals surface area (Å²) < 4.78 is 18.4. The van der Waals surface area contributed by atoms with E-state index in [1.165, 1.54) is 17.7 Å². The van der Waals surface area contributed by atoms with Crippen LogP contribution in [-0.4, -0.2) is 14.2 Å². The molecule has 0 aliphatic rings. The summed E-state index contributed by atoms with van der Waals surface area (Å²) in [4.78, 5) is 0. The summed E-state index contributed by atoms with van der Waals surface area (Å²) in [5.41, 5.74) is 4.60. The first-order valence-electron chi connectivity index (χ1n) is 7.12. The van der Waals surface area contributed by atoms with Crippen LogP contribution < -0.4 is 10.1 Å². The van der Waals surface area contributed by atoms with Crippen molar-refractivity contribution < 1.29 is 9.13 Å². The highest BCUT2D eigenvalue weighted by Gasteiger charge is 2.14. The van der Waals surface area contributed by atoms with E-state index in [0.717, 1.165) is 28.9 Å². The minimum absolute atomic E-state index is 0.193. The van der Waals surface area contributed by atoms with Gasteiger partial charge in [-0.2, -0.15) is 0 Å². The van der Waals surface area contributed by atoms with Gasteiger partial charge in [-0.25, -0.2) is 4.39 Å². The molecule has 0 saturated carbocycles. The summed E-state index contributed by atoms with van der Waals surface area (Å²) in [6.07, 6.45) is 0.821. The van der Waals surface area contributed by atoms with Crippen molar-refractivity contribution in [2.24, 2.45) is 0 Å². The van der Waals surface area contributed by atoms with Gasteiger partial charge in [0.25, 0.3) is 0 Å². The molecule has 1 unspecified atom stereocenters. The fourth-order valence-corrected chi connectivity index (χ4v) is 2.75. The molecule has 2 aromatic rings. The Kier molecular flexibility index (Phi) is 4.97. The number of ether oxygens (including phenoxy) is 1. The van der Waals surface area contributed by atoms with E-state index >= 15 is 0 Å². The van der Waals surface area contributed by atoms with Crippen molar-refractivity contribution in [1.29, 1.82) is 0 Å². The van der Waals surface area contributed by atoms with Gasteiger partial charge in [0.15, 0.2) is 0 Å². The highest BCUT2D eigenvalue weighted by molar-refractivity contribution is 5.44. The van der Waals surface area contributed by atoms with E-state index in [-0.39, 0.29) is 11.9 Å². The Hall–Kier alpha value is -1.87. The number of hydrogen-bond acceptors (Lipinski definition) is 2. The Balaban J connectivity index is 2.27. The van der Waals surface area contributed by atoms with E-state index in [0.29, 0.717) is 0 Å². The molecule has 21 heavy (non-hydrogen) atoms. The van der Waals surface area contributed by atoms with E-state index in [2.05, 4.69) is 31.3 Å². The second-order valence-electron chi connectivity index (χ2n) is 5.36. The lowest BCUT2D eigenvalue weighted by molar-refractivity contribution is 0.408. The molecule has 3 heteroatoms. The van der Waals surface area contributed by atoms with Crippen molar-refractivity contribution in [3.63, 3.8) is 0 Å². The van der Waals surface area contributed by atoms with Crippen LogP contribution in [0.4, 0.5) is 4.39 Å². The standard InChI is InChI=1S/C18H22FNO/c1-12-9-15(10-13(2)18(12)21-4)17(20-3)11-14-5-7-16(19)8-6-14/h5-10,17,20H,11H2,1-4H3. The van der Waals surface area contributed by atoms with Crippen molar-refractivity contribution in [2.45, 2.75) is 26.3 Å². The molecule has 2 aromatic carbocycles. The number of aryl methyl sites for hydroxylation is 2. The number of nitrogens with one attached hydrogen (secondary N) is 1. The summed E-state index contributed by atoms with van der Waals surface area (Å²) in [5.74, 6) is 0.742. The molecule has 0 fully saturated rings. The third-order valence-corrected chi connectivity index (χ3v) is 3.79. The molecule has 0 heterocycles. The van der Waals surface area contributed by atoms with Gasteiger partial charge < -0.3 is 10.1 Å². The zero-order chi connectivity index (χ0) is 15.4. The van der Waals surface area contributed by atoms with Gasteiger partial charge in [-0.05, 0) is 61.7 Å². The van der Waals surface area contributed by atoms with Gasteiger partial charge in [0.05, 0.1) is 7.11 Å². The van der Waals surface area contributed by atoms with Crippen LogP contribution in [0, 0.1) is 19.7 Å². The van der Waals surface area contributed by atoms with Crippen molar-refractivity contribution in [2.75, 3.05) is 14.2 Å². The molecule has 0 aliphatic heterocycles. The zero-order valence-electron chi connectivity index (χ0n) is 13.0. The number of rotatable bonds is 5. The Morgan fingerprint density at radius 2 is 1.67 bits per heavy atom. The highest BCUT2D eigenvalue weighted by Crippen LogP contribution is 2.28. The van der Waals surface area contributed by atoms with Crippen molar-refractivity contribution in [3.05, 3.63) is 64.5 Å². The summed E-state index contributed by atoms with van der Waals surface area (Å²) >= 11 is 0. The maximum absolute atomic E-state index is 13.0. The van der Waals surface area contributed by atoms with Crippen LogP contribution in [0.25, 0.3) is 0 Å². The van der Waals surface area contributed by atoms with Crippen LogP contribution in [-0.2, 0) is 6.42 Å². The number of halogens is 1. The van der Waals surface area contributed by atoms with Crippen LogP contribution in [0.2, 0.25) is 0 Å². The Morgan fingerprint density at radius 3 is 2.14 bits per heavy atom. The van der Waals surface area contributed by atoms with Crippen LogP contribution in [0.5, 0.6) is 5.75 Å². The predicted molar refractivity (Wildman–Crippen MR) is 84.4 cm³/mol. The molecule has 1 N–H and O–H groups in total. The maximum atomic E-state index is 13.0. The number of methoxy groups -OCH3 is 1. The topological polar surface area (TPSA) is 21.3 Å². The third kappa shape index (κ3) is 3.61. The Bertz CT molecular complexity index is 584. The van der Waals surface area contributed by atoms with Gasteiger partial charge in [0, 0.05) is 6.04 Å². The van der Waals surface area contributed by atoms with E-state index < -0.39 is 0 Å². The molecule has 2 nitrogen and oxygen atoms in total. The fraction of sp³-hybridized carbons (Fsp3) is 0.333. The molecule has 2 rings (SSSR count). The molecule has 0 radical (unpaired) electrons. The molecular formula is C18H22FNO.